The smallest absolute Gasteiger partial charge is 0.163 e. The Labute approximate surface area is 73.7 Å². The fourth-order valence-corrected chi connectivity index (χ4v) is 1.55. The number of hydrogen-bond acceptors (Lipinski definition) is 3. The van der Waals surface area contributed by atoms with Gasteiger partial charge in [0, 0.05) is 6.61 Å². The van der Waals surface area contributed by atoms with Gasteiger partial charge in [-0.3, -0.25) is 0 Å². The van der Waals surface area contributed by atoms with Crippen molar-refractivity contribution >= 4 is 0 Å². The lowest BCUT2D eigenvalue weighted by atomic mass is 10.0. The summed E-state index contributed by atoms with van der Waals surface area (Å²) in [5.41, 5.74) is -0.202. The van der Waals surface area contributed by atoms with E-state index in [4.69, 9.17) is 14.6 Å². The highest BCUT2D eigenvalue weighted by Crippen LogP contribution is 2.33. The molecule has 3 heteroatoms. The third-order valence-electron chi connectivity index (χ3n) is 2.08. The number of aliphatic hydroxyl groups is 1. The van der Waals surface area contributed by atoms with E-state index < -0.39 is 5.79 Å². The summed E-state index contributed by atoms with van der Waals surface area (Å²) in [6.45, 7) is 6.70. The molecule has 0 aliphatic carbocycles. The first-order chi connectivity index (χ1) is 5.47. The summed E-state index contributed by atoms with van der Waals surface area (Å²) in [4.78, 5) is 0. The van der Waals surface area contributed by atoms with Crippen LogP contribution in [-0.2, 0) is 9.47 Å². The van der Waals surface area contributed by atoms with Crippen LogP contribution in [0.2, 0.25) is 0 Å². The normalized spacial score (nSPS) is 34.0. The third kappa shape index (κ3) is 2.44. The Morgan fingerprint density at radius 3 is 2.42 bits per heavy atom. The maximum Gasteiger partial charge on any atom is 0.163 e. The highest BCUT2D eigenvalue weighted by atomic mass is 16.7. The van der Waals surface area contributed by atoms with E-state index in [1.165, 1.54) is 0 Å². The predicted octanol–water partition coefficient (Wildman–Crippen LogP) is 1.30. The zero-order valence-electron chi connectivity index (χ0n) is 8.09. The van der Waals surface area contributed by atoms with Crippen molar-refractivity contribution < 1.29 is 14.6 Å². The first-order valence-electron chi connectivity index (χ1n) is 4.42. The van der Waals surface area contributed by atoms with Crippen molar-refractivity contribution in [2.24, 2.45) is 0 Å². The third-order valence-corrected chi connectivity index (χ3v) is 2.08. The minimum atomic E-state index is -0.454. The van der Waals surface area contributed by atoms with Crippen molar-refractivity contribution in [3.05, 3.63) is 0 Å². The van der Waals surface area contributed by atoms with E-state index in [1.54, 1.807) is 0 Å². The molecule has 1 heterocycles. The molecule has 1 unspecified atom stereocenters. The van der Waals surface area contributed by atoms with Gasteiger partial charge in [-0.05, 0) is 33.6 Å². The van der Waals surface area contributed by atoms with Gasteiger partial charge in [-0.25, -0.2) is 0 Å². The zero-order valence-corrected chi connectivity index (χ0v) is 8.09. The summed E-state index contributed by atoms with van der Waals surface area (Å²) in [6.07, 6.45) is 1.63. The fraction of sp³-hybridized carbons (Fsp3) is 1.00. The van der Waals surface area contributed by atoms with Crippen LogP contribution in [0.4, 0.5) is 0 Å². The molecule has 0 spiro atoms. The molecule has 1 rings (SSSR count). The van der Waals surface area contributed by atoms with Crippen molar-refractivity contribution in [2.75, 3.05) is 13.2 Å². The number of rotatable bonds is 3. The molecular formula is C9H18O3. The molecule has 1 atom stereocenters. The molecule has 12 heavy (non-hydrogen) atoms. The first-order valence-corrected chi connectivity index (χ1v) is 4.42. The second-order valence-corrected chi connectivity index (χ2v) is 4.07. The van der Waals surface area contributed by atoms with E-state index in [-0.39, 0.29) is 12.2 Å². The maximum absolute atomic E-state index is 8.67. The molecule has 1 aliphatic heterocycles. The molecule has 0 radical (unpaired) electrons. The minimum absolute atomic E-state index is 0.202. The van der Waals surface area contributed by atoms with Gasteiger partial charge in [0.25, 0.3) is 0 Å². The lowest BCUT2D eigenvalue weighted by Crippen LogP contribution is -2.30. The van der Waals surface area contributed by atoms with Crippen LogP contribution in [0.25, 0.3) is 0 Å². The molecule has 0 aromatic heterocycles. The van der Waals surface area contributed by atoms with Gasteiger partial charge in [-0.1, -0.05) is 0 Å². The predicted molar refractivity (Wildman–Crippen MR) is 45.8 cm³/mol. The average Bonchev–Trinajstić information content (AvgIpc) is 2.23. The molecule has 0 amide bonds. The Hall–Kier alpha value is -0.120. The van der Waals surface area contributed by atoms with Gasteiger partial charge in [0.15, 0.2) is 5.79 Å². The van der Waals surface area contributed by atoms with E-state index in [1.807, 2.05) is 20.8 Å². The molecule has 0 saturated carbocycles. The molecule has 3 nitrogen and oxygen atoms in total. The number of aliphatic hydroxyl groups excluding tert-OH is 1. The molecule has 1 fully saturated rings. The molecule has 0 bridgehead atoms. The van der Waals surface area contributed by atoms with E-state index in [9.17, 15) is 0 Å². The van der Waals surface area contributed by atoms with Gasteiger partial charge in [-0.2, -0.15) is 0 Å². The molecule has 72 valence electrons. The largest absolute Gasteiger partial charge is 0.396 e. The van der Waals surface area contributed by atoms with Crippen molar-refractivity contribution in [2.45, 2.75) is 45.0 Å². The van der Waals surface area contributed by atoms with Gasteiger partial charge in [0.05, 0.1) is 12.2 Å². The van der Waals surface area contributed by atoms with Gasteiger partial charge in [0.1, 0.15) is 0 Å². The zero-order chi connectivity index (χ0) is 9.24. The summed E-state index contributed by atoms with van der Waals surface area (Å²) in [5, 5.41) is 8.67. The van der Waals surface area contributed by atoms with E-state index >= 15 is 0 Å². The van der Waals surface area contributed by atoms with E-state index in [0.717, 1.165) is 12.8 Å². The monoisotopic (exact) mass is 174 g/mol. The van der Waals surface area contributed by atoms with Crippen molar-refractivity contribution in [3.63, 3.8) is 0 Å². The van der Waals surface area contributed by atoms with Crippen LogP contribution in [0, 0.1) is 0 Å². The number of hydrogen-bond donors (Lipinski definition) is 1. The number of ether oxygens (including phenoxy) is 2. The van der Waals surface area contributed by atoms with Crippen LogP contribution < -0.4 is 0 Å². The second kappa shape index (κ2) is 3.32. The Kier molecular flexibility index (Phi) is 2.76. The van der Waals surface area contributed by atoms with Crippen molar-refractivity contribution in [1.29, 1.82) is 0 Å². The second-order valence-electron chi connectivity index (χ2n) is 4.07. The summed E-state index contributed by atoms with van der Waals surface area (Å²) >= 11 is 0. The van der Waals surface area contributed by atoms with Crippen LogP contribution in [0.3, 0.4) is 0 Å². The van der Waals surface area contributed by atoms with Crippen LogP contribution in [0.1, 0.15) is 33.6 Å². The molecule has 1 N–H and O–H groups in total. The van der Waals surface area contributed by atoms with Gasteiger partial charge >= 0.3 is 0 Å². The molecule has 0 aromatic rings. The molecule has 0 aromatic carbocycles. The van der Waals surface area contributed by atoms with E-state index in [0.29, 0.717) is 6.61 Å². The van der Waals surface area contributed by atoms with E-state index in [2.05, 4.69) is 0 Å². The van der Waals surface area contributed by atoms with Gasteiger partial charge in [-0.15, -0.1) is 0 Å². The summed E-state index contributed by atoms with van der Waals surface area (Å²) < 4.78 is 11.2. The fourth-order valence-electron chi connectivity index (χ4n) is 1.55. The first kappa shape index (κ1) is 9.96. The highest BCUT2D eigenvalue weighted by molar-refractivity contribution is 4.83. The van der Waals surface area contributed by atoms with Gasteiger partial charge in [0.2, 0.25) is 0 Å². The minimum Gasteiger partial charge on any atom is -0.396 e. The van der Waals surface area contributed by atoms with Gasteiger partial charge < -0.3 is 14.6 Å². The van der Waals surface area contributed by atoms with Crippen molar-refractivity contribution in [1.82, 2.24) is 0 Å². The molecule has 1 saturated heterocycles. The summed E-state index contributed by atoms with van der Waals surface area (Å²) in [7, 11) is 0. The Morgan fingerprint density at radius 1 is 1.33 bits per heavy atom. The average molecular weight is 174 g/mol. The van der Waals surface area contributed by atoms with Crippen LogP contribution in [0.15, 0.2) is 0 Å². The lowest BCUT2D eigenvalue weighted by molar-refractivity contribution is -0.159. The Bertz CT molecular complexity index is 156. The maximum atomic E-state index is 8.67. The molecule has 1 aliphatic rings. The lowest BCUT2D eigenvalue weighted by Gasteiger charge is -2.24. The van der Waals surface area contributed by atoms with Crippen LogP contribution >= 0.6 is 0 Å². The van der Waals surface area contributed by atoms with Crippen LogP contribution in [-0.4, -0.2) is 29.7 Å². The van der Waals surface area contributed by atoms with Crippen LogP contribution in [0.5, 0.6) is 0 Å². The summed E-state index contributed by atoms with van der Waals surface area (Å²) in [6, 6.07) is 0. The topological polar surface area (TPSA) is 38.7 Å². The summed E-state index contributed by atoms with van der Waals surface area (Å²) in [5.74, 6) is -0.454. The quantitative estimate of drug-likeness (QED) is 0.701. The SMILES string of the molecule is CC1(CCCO)COC(C)(C)O1. The Morgan fingerprint density at radius 2 is 2.00 bits per heavy atom. The standard InChI is InChI=1S/C9H18O3/c1-8(2)11-7-9(3,12-8)5-4-6-10/h10H,4-7H2,1-3H3. The molecular weight excluding hydrogens is 156 g/mol. The van der Waals surface area contributed by atoms with Crippen molar-refractivity contribution in [3.8, 4) is 0 Å². The highest BCUT2D eigenvalue weighted by Gasteiger charge is 2.41. The Balaban J connectivity index is 2.41.